The van der Waals surface area contributed by atoms with Crippen molar-refractivity contribution in [2.75, 3.05) is 12.8 Å². The van der Waals surface area contributed by atoms with E-state index in [2.05, 4.69) is 10.1 Å². The zero-order valence-corrected chi connectivity index (χ0v) is 11.0. The van der Waals surface area contributed by atoms with Crippen molar-refractivity contribution in [3.8, 4) is 27.9 Å². The lowest BCUT2D eigenvalue weighted by atomic mass is 10.2. The van der Waals surface area contributed by atoms with Gasteiger partial charge in [0.2, 0.25) is 5.82 Å². The van der Waals surface area contributed by atoms with Gasteiger partial charge in [-0.2, -0.15) is 4.98 Å². The van der Waals surface area contributed by atoms with Gasteiger partial charge in [-0.15, -0.1) is 11.3 Å². The molecule has 0 fully saturated rings. The molecule has 1 aromatic carbocycles. The Morgan fingerprint density at radius 1 is 1.32 bits per heavy atom. The molecule has 3 rings (SSSR count). The van der Waals surface area contributed by atoms with E-state index in [9.17, 15) is 0 Å². The Hall–Kier alpha value is -2.34. The first-order chi connectivity index (χ1) is 9.28. The second-order valence-electron chi connectivity index (χ2n) is 3.86. The number of rotatable bonds is 3. The van der Waals surface area contributed by atoms with Crippen molar-refractivity contribution in [3.63, 3.8) is 0 Å². The molecule has 19 heavy (non-hydrogen) atoms. The number of ether oxygens (including phenoxy) is 1. The van der Waals surface area contributed by atoms with E-state index >= 15 is 0 Å². The van der Waals surface area contributed by atoms with Crippen LogP contribution in [0, 0.1) is 0 Å². The predicted octanol–water partition coefficient (Wildman–Crippen LogP) is 3.06. The van der Waals surface area contributed by atoms with E-state index in [0.29, 0.717) is 23.2 Å². The Balaban J connectivity index is 2.03. The quantitative estimate of drug-likeness (QED) is 0.742. The summed E-state index contributed by atoms with van der Waals surface area (Å²) < 4.78 is 10.6. The van der Waals surface area contributed by atoms with Crippen LogP contribution in [0.25, 0.3) is 22.2 Å². The number of nitrogens with zero attached hydrogens (tertiary/aromatic N) is 2. The third-order valence-electron chi connectivity index (χ3n) is 2.62. The highest BCUT2D eigenvalue weighted by atomic mass is 32.1. The van der Waals surface area contributed by atoms with Gasteiger partial charge in [-0.05, 0) is 23.6 Å². The SMILES string of the molecule is COc1cc(N)ccc1-c1nc(-c2cccs2)no1. The molecule has 0 aliphatic heterocycles. The molecule has 6 heteroatoms. The van der Waals surface area contributed by atoms with Crippen molar-refractivity contribution in [2.24, 2.45) is 0 Å². The highest BCUT2D eigenvalue weighted by molar-refractivity contribution is 7.13. The predicted molar refractivity (Wildman–Crippen MR) is 74.0 cm³/mol. The molecule has 3 aromatic rings. The first-order valence-corrected chi connectivity index (χ1v) is 6.47. The normalized spacial score (nSPS) is 10.6. The van der Waals surface area contributed by atoms with Gasteiger partial charge in [-0.25, -0.2) is 0 Å². The maximum Gasteiger partial charge on any atom is 0.262 e. The second kappa shape index (κ2) is 4.74. The van der Waals surface area contributed by atoms with Gasteiger partial charge < -0.3 is 15.0 Å². The number of hydrogen-bond acceptors (Lipinski definition) is 6. The molecular formula is C13H11N3O2S. The van der Waals surface area contributed by atoms with Crippen LogP contribution in [0.1, 0.15) is 0 Å². The molecule has 0 amide bonds. The summed E-state index contributed by atoms with van der Waals surface area (Å²) in [6.07, 6.45) is 0. The second-order valence-corrected chi connectivity index (χ2v) is 4.81. The largest absolute Gasteiger partial charge is 0.496 e. The third kappa shape index (κ3) is 2.17. The van der Waals surface area contributed by atoms with E-state index < -0.39 is 0 Å². The molecule has 0 aliphatic carbocycles. The van der Waals surface area contributed by atoms with Crippen LogP contribution in [0.2, 0.25) is 0 Å². The Bertz CT molecular complexity index is 692. The summed E-state index contributed by atoms with van der Waals surface area (Å²) in [5.74, 6) is 1.60. The number of anilines is 1. The van der Waals surface area contributed by atoms with Crippen LogP contribution in [0.4, 0.5) is 5.69 Å². The summed E-state index contributed by atoms with van der Waals surface area (Å²) in [6.45, 7) is 0. The molecule has 5 nitrogen and oxygen atoms in total. The number of benzene rings is 1. The van der Waals surface area contributed by atoms with Crippen LogP contribution < -0.4 is 10.5 Å². The Kier molecular flexibility index (Phi) is 2.92. The maximum absolute atomic E-state index is 5.72. The molecule has 0 bridgehead atoms. The molecule has 2 heterocycles. The molecule has 0 radical (unpaired) electrons. The van der Waals surface area contributed by atoms with Gasteiger partial charge in [0.25, 0.3) is 5.89 Å². The van der Waals surface area contributed by atoms with E-state index in [4.69, 9.17) is 15.0 Å². The lowest BCUT2D eigenvalue weighted by molar-refractivity contribution is 0.406. The van der Waals surface area contributed by atoms with Crippen LogP contribution in [0.5, 0.6) is 5.75 Å². The van der Waals surface area contributed by atoms with E-state index in [1.165, 1.54) is 0 Å². The minimum absolute atomic E-state index is 0.417. The van der Waals surface area contributed by atoms with E-state index in [0.717, 1.165) is 10.4 Å². The summed E-state index contributed by atoms with van der Waals surface area (Å²) in [7, 11) is 1.58. The van der Waals surface area contributed by atoms with Crippen molar-refractivity contribution >= 4 is 17.0 Å². The maximum atomic E-state index is 5.72. The fourth-order valence-corrected chi connectivity index (χ4v) is 2.37. The van der Waals surface area contributed by atoms with Crippen LogP contribution in [-0.4, -0.2) is 17.3 Å². The molecule has 0 saturated carbocycles. The first kappa shape index (κ1) is 11.7. The Morgan fingerprint density at radius 3 is 2.95 bits per heavy atom. The van der Waals surface area contributed by atoms with Crippen molar-refractivity contribution in [1.29, 1.82) is 0 Å². The fraction of sp³-hybridized carbons (Fsp3) is 0.0769. The summed E-state index contributed by atoms with van der Waals surface area (Å²) in [5, 5.41) is 5.94. The zero-order chi connectivity index (χ0) is 13.2. The van der Waals surface area contributed by atoms with Gasteiger partial charge in [0.05, 0.1) is 17.6 Å². The number of thiophene rings is 1. The summed E-state index contributed by atoms with van der Waals surface area (Å²) in [6, 6.07) is 9.19. The molecule has 2 N–H and O–H groups in total. The lowest BCUT2D eigenvalue weighted by Crippen LogP contribution is -1.91. The minimum Gasteiger partial charge on any atom is -0.496 e. The number of nitrogen functional groups attached to an aromatic ring is 1. The van der Waals surface area contributed by atoms with E-state index in [-0.39, 0.29) is 0 Å². The van der Waals surface area contributed by atoms with E-state index in [1.54, 1.807) is 36.6 Å². The summed E-state index contributed by atoms with van der Waals surface area (Å²) >= 11 is 1.56. The number of nitrogens with two attached hydrogens (primary N) is 1. The Labute approximate surface area is 113 Å². The molecule has 0 atom stereocenters. The van der Waals surface area contributed by atoms with Crippen LogP contribution in [0.15, 0.2) is 40.2 Å². The van der Waals surface area contributed by atoms with Crippen LogP contribution >= 0.6 is 11.3 Å². The average Bonchev–Trinajstić information content (AvgIpc) is 3.09. The van der Waals surface area contributed by atoms with Crippen LogP contribution in [-0.2, 0) is 0 Å². The molecule has 0 spiro atoms. The molecule has 0 saturated heterocycles. The molecule has 0 aliphatic rings. The van der Waals surface area contributed by atoms with Crippen molar-refractivity contribution in [1.82, 2.24) is 10.1 Å². The van der Waals surface area contributed by atoms with Gasteiger partial charge in [0, 0.05) is 11.8 Å². The number of aromatic nitrogens is 2. The molecule has 96 valence electrons. The number of methoxy groups -OCH3 is 1. The van der Waals surface area contributed by atoms with Crippen molar-refractivity contribution < 1.29 is 9.26 Å². The standard InChI is InChI=1S/C13H11N3O2S/c1-17-10-7-8(14)4-5-9(10)13-15-12(16-18-13)11-3-2-6-19-11/h2-7H,14H2,1H3. The zero-order valence-electron chi connectivity index (χ0n) is 10.2. The van der Waals surface area contributed by atoms with Gasteiger partial charge in [0.1, 0.15) is 5.75 Å². The minimum atomic E-state index is 0.417. The first-order valence-electron chi connectivity index (χ1n) is 5.59. The average molecular weight is 273 g/mol. The third-order valence-corrected chi connectivity index (χ3v) is 3.49. The van der Waals surface area contributed by atoms with Gasteiger partial charge in [-0.1, -0.05) is 11.2 Å². The molecular weight excluding hydrogens is 262 g/mol. The molecule has 0 unspecified atom stereocenters. The van der Waals surface area contributed by atoms with Crippen molar-refractivity contribution in [3.05, 3.63) is 35.7 Å². The van der Waals surface area contributed by atoms with Gasteiger partial charge in [-0.3, -0.25) is 0 Å². The highest BCUT2D eigenvalue weighted by Crippen LogP contribution is 2.32. The van der Waals surface area contributed by atoms with Gasteiger partial charge in [0.15, 0.2) is 0 Å². The number of hydrogen-bond donors (Lipinski definition) is 1. The topological polar surface area (TPSA) is 74.2 Å². The van der Waals surface area contributed by atoms with Gasteiger partial charge >= 0.3 is 0 Å². The summed E-state index contributed by atoms with van der Waals surface area (Å²) in [5.41, 5.74) is 7.07. The fourth-order valence-electron chi connectivity index (χ4n) is 1.72. The van der Waals surface area contributed by atoms with E-state index in [1.807, 2.05) is 17.5 Å². The lowest BCUT2D eigenvalue weighted by Gasteiger charge is -2.05. The van der Waals surface area contributed by atoms with Crippen LogP contribution in [0.3, 0.4) is 0 Å². The smallest absolute Gasteiger partial charge is 0.262 e. The highest BCUT2D eigenvalue weighted by Gasteiger charge is 2.15. The monoisotopic (exact) mass is 273 g/mol. The molecule has 2 aromatic heterocycles. The Morgan fingerprint density at radius 2 is 2.21 bits per heavy atom. The summed E-state index contributed by atoms with van der Waals surface area (Å²) in [4.78, 5) is 5.34. The van der Waals surface area contributed by atoms with Crippen molar-refractivity contribution in [2.45, 2.75) is 0 Å².